The van der Waals surface area contributed by atoms with Gasteiger partial charge in [0.1, 0.15) is 0 Å². The molecule has 0 spiro atoms. The molecule has 0 saturated heterocycles. The van der Waals surface area contributed by atoms with Crippen LogP contribution in [0.3, 0.4) is 0 Å². The zero-order chi connectivity index (χ0) is 13.9. The van der Waals surface area contributed by atoms with E-state index in [0.717, 1.165) is 31.2 Å². The molecule has 0 aliphatic heterocycles. The van der Waals surface area contributed by atoms with Crippen LogP contribution >= 0.6 is 0 Å². The molecular weight excluding hydrogens is 250 g/mol. The highest BCUT2D eigenvalue weighted by molar-refractivity contribution is 5.79. The average Bonchev–Trinajstić information content (AvgIpc) is 3.06. The first kappa shape index (κ1) is 13.6. The van der Waals surface area contributed by atoms with Crippen LogP contribution in [0.2, 0.25) is 0 Å². The third-order valence-corrected chi connectivity index (χ3v) is 4.77. The predicted molar refractivity (Wildman–Crippen MR) is 78.5 cm³/mol. The van der Waals surface area contributed by atoms with Crippen molar-refractivity contribution in [2.24, 2.45) is 5.92 Å². The van der Waals surface area contributed by atoms with Gasteiger partial charge in [-0.1, -0.05) is 24.6 Å². The molecule has 1 aromatic carbocycles. The molecule has 3 rings (SSSR count). The maximum atomic E-state index is 12.1. The van der Waals surface area contributed by atoms with E-state index >= 15 is 0 Å². The molecule has 108 valence electrons. The lowest BCUT2D eigenvalue weighted by Crippen LogP contribution is -2.39. The van der Waals surface area contributed by atoms with Gasteiger partial charge < -0.3 is 10.4 Å². The second kappa shape index (κ2) is 5.96. The van der Waals surface area contributed by atoms with Crippen LogP contribution < -0.4 is 5.32 Å². The highest BCUT2D eigenvalue weighted by Crippen LogP contribution is 2.25. The van der Waals surface area contributed by atoms with E-state index < -0.39 is 0 Å². The SMILES string of the molecule is O=C(Cc1ccc2c(c1)CCC2)NC1CCCC1CO. The van der Waals surface area contributed by atoms with Crippen LogP contribution in [0.15, 0.2) is 18.2 Å². The van der Waals surface area contributed by atoms with Crippen molar-refractivity contribution in [3.63, 3.8) is 0 Å². The molecule has 1 saturated carbocycles. The van der Waals surface area contributed by atoms with Crippen LogP contribution in [0.1, 0.15) is 42.4 Å². The minimum Gasteiger partial charge on any atom is -0.396 e. The highest BCUT2D eigenvalue weighted by Gasteiger charge is 2.27. The number of benzene rings is 1. The Morgan fingerprint density at radius 1 is 1.20 bits per heavy atom. The number of rotatable bonds is 4. The Labute approximate surface area is 120 Å². The van der Waals surface area contributed by atoms with Gasteiger partial charge in [0.05, 0.1) is 6.42 Å². The topological polar surface area (TPSA) is 49.3 Å². The molecule has 1 aromatic rings. The first-order valence-electron chi connectivity index (χ1n) is 7.77. The normalized spacial score (nSPS) is 24.6. The van der Waals surface area contributed by atoms with Crippen LogP contribution in [0.4, 0.5) is 0 Å². The third kappa shape index (κ3) is 2.88. The Hall–Kier alpha value is -1.35. The van der Waals surface area contributed by atoms with Crippen molar-refractivity contribution >= 4 is 5.91 Å². The zero-order valence-electron chi connectivity index (χ0n) is 11.9. The van der Waals surface area contributed by atoms with Crippen molar-refractivity contribution < 1.29 is 9.90 Å². The lowest BCUT2D eigenvalue weighted by Gasteiger charge is -2.19. The minimum atomic E-state index is 0.0910. The van der Waals surface area contributed by atoms with Crippen molar-refractivity contribution in [2.75, 3.05) is 6.61 Å². The monoisotopic (exact) mass is 273 g/mol. The lowest BCUT2D eigenvalue weighted by molar-refractivity contribution is -0.121. The van der Waals surface area contributed by atoms with E-state index in [2.05, 4.69) is 23.5 Å². The molecule has 0 bridgehead atoms. The molecule has 0 radical (unpaired) electrons. The highest BCUT2D eigenvalue weighted by atomic mass is 16.3. The number of hydrogen-bond donors (Lipinski definition) is 2. The Morgan fingerprint density at radius 2 is 2.05 bits per heavy atom. The molecule has 0 heterocycles. The molecule has 0 aromatic heterocycles. The second-order valence-electron chi connectivity index (χ2n) is 6.18. The van der Waals surface area contributed by atoms with Crippen LogP contribution in [0.5, 0.6) is 0 Å². The summed E-state index contributed by atoms with van der Waals surface area (Å²) in [5.74, 6) is 0.340. The zero-order valence-corrected chi connectivity index (χ0v) is 11.9. The quantitative estimate of drug-likeness (QED) is 0.881. The van der Waals surface area contributed by atoms with Gasteiger partial charge in [0, 0.05) is 18.6 Å². The Bertz CT molecular complexity index is 498. The minimum absolute atomic E-state index is 0.0910. The van der Waals surface area contributed by atoms with Gasteiger partial charge in [-0.25, -0.2) is 0 Å². The molecule has 20 heavy (non-hydrogen) atoms. The van der Waals surface area contributed by atoms with E-state index in [1.54, 1.807) is 0 Å². The van der Waals surface area contributed by atoms with Gasteiger partial charge in [0.2, 0.25) is 5.91 Å². The third-order valence-electron chi connectivity index (χ3n) is 4.77. The van der Waals surface area contributed by atoms with Gasteiger partial charge in [0.25, 0.3) is 0 Å². The van der Waals surface area contributed by atoms with E-state index in [4.69, 9.17) is 0 Å². The van der Waals surface area contributed by atoms with Gasteiger partial charge in [0.15, 0.2) is 0 Å². The average molecular weight is 273 g/mol. The maximum Gasteiger partial charge on any atom is 0.224 e. The van der Waals surface area contributed by atoms with Crippen molar-refractivity contribution in [3.05, 3.63) is 34.9 Å². The fourth-order valence-corrected chi connectivity index (χ4v) is 3.62. The number of carbonyl (C=O) groups is 1. The molecule has 1 fully saturated rings. The van der Waals surface area contributed by atoms with Gasteiger partial charge in [-0.2, -0.15) is 0 Å². The number of nitrogens with one attached hydrogen (secondary N) is 1. The van der Waals surface area contributed by atoms with Crippen molar-refractivity contribution in [1.82, 2.24) is 5.32 Å². The van der Waals surface area contributed by atoms with Crippen molar-refractivity contribution in [3.8, 4) is 0 Å². The molecule has 2 N–H and O–H groups in total. The Kier molecular flexibility index (Phi) is 4.06. The molecule has 1 amide bonds. The largest absolute Gasteiger partial charge is 0.396 e. The number of aliphatic hydroxyl groups excluding tert-OH is 1. The molecule has 2 aliphatic carbocycles. The van der Waals surface area contributed by atoms with Gasteiger partial charge in [-0.05, 0) is 48.8 Å². The van der Waals surface area contributed by atoms with E-state index in [-0.39, 0.29) is 24.5 Å². The number of aliphatic hydroxyl groups is 1. The van der Waals surface area contributed by atoms with E-state index in [9.17, 15) is 9.90 Å². The Morgan fingerprint density at radius 3 is 2.90 bits per heavy atom. The fourth-order valence-electron chi connectivity index (χ4n) is 3.62. The van der Waals surface area contributed by atoms with E-state index in [0.29, 0.717) is 6.42 Å². The van der Waals surface area contributed by atoms with Gasteiger partial charge in [-0.3, -0.25) is 4.79 Å². The van der Waals surface area contributed by atoms with Gasteiger partial charge in [-0.15, -0.1) is 0 Å². The molecular formula is C17H23NO2. The molecule has 3 nitrogen and oxygen atoms in total. The van der Waals surface area contributed by atoms with E-state index in [1.807, 2.05) is 0 Å². The second-order valence-corrected chi connectivity index (χ2v) is 6.18. The summed E-state index contributed by atoms with van der Waals surface area (Å²) in [6.07, 6.45) is 7.17. The molecule has 2 atom stereocenters. The number of amides is 1. The molecule has 3 heteroatoms. The summed E-state index contributed by atoms with van der Waals surface area (Å²) in [7, 11) is 0. The van der Waals surface area contributed by atoms with Crippen molar-refractivity contribution in [2.45, 2.75) is 51.0 Å². The first-order chi connectivity index (χ1) is 9.76. The number of hydrogen-bond acceptors (Lipinski definition) is 2. The van der Waals surface area contributed by atoms with Crippen LogP contribution in [-0.2, 0) is 24.1 Å². The number of fused-ring (bicyclic) bond motifs is 1. The summed E-state index contributed by atoms with van der Waals surface area (Å²) in [6, 6.07) is 6.63. The van der Waals surface area contributed by atoms with Crippen LogP contribution in [0, 0.1) is 5.92 Å². The summed E-state index contributed by atoms with van der Waals surface area (Å²) in [4.78, 5) is 12.1. The fraction of sp³-hybridized carbons (Fsp3) is 0.588. The van der Waals surface area contributed by atoms with Crippen LogP contribution in [-0.4, -0.2) is 23.7 Å². The number of aryl methyl sites for hydroxylation is 2. The Balaban J connectivity index is 1.59. The summed E-state index contributed by atoms with van der Waals surface area (Å²) < 4.78 is 0. The first-order valence-corrected chi connectivity index (χ1v) is 7.77. The summed E-state index contributed by atoms with van der Waals surface area (Å²) in [5.41, 5.74) is 3.98. The summed E-state index contributed by atoms with van der Waals surface area (Å²) >= 11 is 0. The summed E-state index contributed by atoms with van der Waals surface area (Å²) in [6.45, 7) is 0.184. The summed E-state index contributed by atoms with van der Waals surface area (Å²) in [5, 5.41) is 12.4. The van der Waals surface area contributed by atoms with Crippen molar-refractivity contribution in [1.29, 1.82) is 0 Å². The maximum absolute atomic E-state index is 12.1. The number of carbonyl (C=O) groups excluding carboxylic acids is 1. The van der Waals surface area contributed by atoms with Gasteiger partial charge >= 0.3 is 0 Å². The van der Waals surface area contributed by atoms with Crippen LogP contribution in [0.25, 0.3) is 0 Å². The molecule has 2 unspecified atom stereocenters. The lowest BCUT2D eigenvalue weighted by atomic mass is 10.0. The smallest absolute Gasteiger partial charge is 0.224 e. The standard InChI is InChI=1S/C17H23NO2/c19-11-15-5-2-6-16(15)18-17(20)10-12-7-8-13-3-1-4-14(13)9-12/h7-9,15-16,19H,1-6,10-11H2,(H,18,20). The molecule has 2 aliphatic rings. The van der Waals surface area contributed by atoms with E-state index in [1.165, 1.54) is 24.0 Å². The predicted octanol–water partition coefficient (Wildman–Crippen LogP) is 2.00.